The van der Waals surface area contributed by atoms with Crippen molar-refractivity contribution in [1.82, 2.24) is 10.2 Å². The third-order valence-electron chi connectivity index (χ3n) is 5.81. The van der Waals surface area contributed by atoms with E-state index in [1.807, 2.05) is 30.3 Å². The number of halogens is 1. The van der Waals surface area contributed by atoms with E-state index in [0.717, 1.165) is 49.5 Å². The minimum absolute atomic E-state index is 0.0376. The van der Waals surface area contributed by atoms with E-state index >= 15 is 0 Å². The minimum Gasteiger partial charge on any atom is -0.493 e. The topological polar surface area (TPSA) is 50.8 Å². The number of likely N-dealkylation sites (tertiary alicyclic amines) is 1. The van der Waals surface area contributed by atoms with Crippen molar-refractivity contribution >= 4 is 17.5 Å². The number of nitrogens with one attached hydrogen (secondary N) is 1. The smallest absolute Gasteiger partial charge is 0.223 e. The number of benzene rings is 2. The maximum atomic E-state index is 12.9. The largest absolute Gasteiger partial charge is 0.493 e. The Labute approximate surface area is 184 Å². The maximum Gasteiger partial charge on any atom is 0.223 e. The van der Waals surface area contributed by atoms with Gasteiger partial charge in [0.1, 0.15) is 0 Å². The molecule has 2 aromatic carbocycles. The van der Waals surface area contributed by atoms with Crippen LogP contribution in [-0.4, -0.2) is 38.1 Å². The summed E-state index contributed by atoms with van der Waals surface area (Å²) in [5.74, 6) is 1.57. The second-order valence-corrected chi connectivity index (χ2v) is 8.20. The molecule has 1 aliphatic rings. The van der Waals surface area contributed by atoms with Crippen molar-refractivity contribution in [2.45, 2.75) is 38.8 Å². The molecular weight excluding hydrogens is 400 g/mol. The van der Waals surface area contributed by atoms with Crippen molar-refractivity contribution in [1.29, 1.82) is 0 Å². The van der Waals surface area contributed by atoms with Gasteiger partial charge in [-0.2, -0.15) is 0 Å². The lowest BCUT2D eigenvalue weighted by Gasteiger charge is -2.32. The van der Waals surface area contributed by atoms with Crippen LogP contribution in [0.2, 0.25) is 5.02 Å². The summed E-state index contributed by atoms with van der Waals surface area (Å²) in [5.41, 5.74) is 2.28. The fourth-order valence-corrected chi connectivity index (χ4v) is 4.11. The molecule has 0 radical (unpaired) electrons. The van der Waals surface area contributed by atoms with E-state index < -0.39 is 0 Å². The molecule has 30 heavy (non-hydrogen) atoms. The van der Waals surface area contributed by atoms with E-state index in [-0.39, 0.29) is 17.9 Å². The molecule has 0 aromatic heterocycles. The summed E-state index contributed by atoms with van der Waals surface area (Å²) in [6, 6.07) is 13.8. The molecule has 0 spiro atoms. The summed E-state index contributed by atoms with van der Waals surface area (Å²) in [6.45, 7) is 4.83. The standard InChI is InChI=1S/C24H31ClN2O3/c1-4-21(19-7-10-22(29-2)23(15-19)30-3)26-24(28)18-11-13-27(14-12-18)16-17-5-8-20(25)9-6-17/h5-10,15,18,21H,4,11-14,16H2,1-3H3,(H,26,28). The van der Waals surface area contributed by atoms with Gasteiger partial charge in [-0.25, -0.2) is 0 Å². The molecule has 2 aromatic rings. The summed E-state index contributed by atoms with van der Waals surface area (Å²) in [6.07, 6.45) is 2.57. The number of amides is 1. The summed E-state index contributed by atoms with van der Waals surface area (Å²) < 4.78 is 10.7. The summed E-state index contributed by atoms with van der Waals surface area (Å²) in [5, 5.41) is 4.00. The van der Waals surface area contributed by atoms with Crippen molar-refractivity contribution in [2.24, 2.45) is 5.92 Å². The van der Waals surface area contributed by atoms with Gasteiger partial charge in [-0.3, -0.25) is 9.69 Å². The van der Waals surface area contributed by atoms with E-state index in [1.54, 1.807) is 14.2 Å². The molecule has 0 bridgehead atoms. The Morgan fingerprint density at radius 1 is 1.10 bits per heavy atom. The van der Waals surface area contributed by atoms with Crippen LogP contribution in [0.1, 0.15) is 43.4 Å². The van der Waals surface area contributed by atoms with Crippen LogP contribution >= 0.6 is 11.6 Å². The molecule has 0 aliphatic carbocycles. The lowest BCUT2D eigenvalue weighted by atomic mass is 9.94. The van der Waals surface area contributed by atoms with Crippen LogP contribution in [0.15, 0.2) is 42.5 Å². The van der Waals surface area contributed by atoms with Gasteiger partial charge in [0.15, 0.2) is 11.5 Å². The first kappa shape index (κ1) is 22.4. The van der Waals surface area contributed by atoms with Gasteiger partial charge in [0.2, 0.25) is 5.91 Å². The zero-order valence-corrected chi connectivity index (χ0v) is 18.7. The Morgan fingerprint density at radius 2 is 1.77 bits per heavy atom. The molecule has 1 heterocycles. The van der Waals surface area contributed by atoms with E-state index in [0.29, 0.717) is 11.5 Å². The van der Waals surface area contributed by atoms with Crippen molar-refractivity contribution < 1.29 is 14.3 Å². The number of hydrogen-bond donors (Lipinski definition) is 1. The average Bonchev–Trinajstić information content (AvgIpc) is 2.78. The molecule has 1 amide bonds. The number of rotatable bonds is 8. The zero-order valence-electron chi connectivity index (χ0n) is 18.0. The number of carbonyl (C=O) groups is 1. The summed E-state index contributed by atoms with van der Waals surface area (Å²) >= 11 is 5.97. The lowest BCUT2D eigenvalue weighted by molar-refractivity contribution is -0.127. The second-order valence-electron chi connectivity index (χ2n) is 7.76. The highest BCUT2D eigenvalue weighted by Crippen LogP contribution is 2.31. The number of methoxy groups -OCH3 is 2. The Bertz CT molecular complexity index is 833. The Hall–Kier alpha value is -2.24. The van der Waals surface area contributed by atoms with Crippen LogP contribution in [0.25, 0.3) is 0 Å². The van der Waals surface area contributed by atoms with Crippen LogP contribution in [0.5, 0.6) is 11.5 Å². The number of piperidine rings is 1. The minimum atomic E-state index is -0.0376. The van der Waals surface area contributed by atoms with Gasteiger partial charge in [0.25, 0.3) is 0 Å². The SMILES string of the molecule is CCC(NC(=O)C1CCN(Cc2ccc(Cl)cc2)CC1)c1ccc(OC)c(OC)c1. The van der Waals surface area contributed by atoms with Crippen LogP contribution in [0.4, 0.5) is 0 Å². The molecule has 1 aliphatic heterocycles. The number of carbonyl (C=O) groups excluding carboxylic acids is 1. The van der Waals surface area contributed by atoms with Gasteiger partial charge < -0.3 is 14.8 Å². The van der Waals surface area contributed by atoms with Crippen molar-refractivity contribution in [3.8, 4) is 11.5 Å². The predicted molar refractivity (Wildman–Crippen MR) is 120 cm³/mol. The van der Waals surface area contributed by atoms with Crippen molar-refractivity contribution in [2.75, 3.05) is 27.3 Å². The molecule has 3 rings (SSSR count). The first-order chi connectivity index (χ1) is 14.5. The van der Waals surface area contributed by atoms with Crippen molar-refractivity contribution in [3.63, 3.8) is 0 Å². The molecule has 1 atom stereocenters. The van der Waals surface area contributed by atoms with Crippen LogP contribution in [-0.2, 0) is 11.3 Å². The van der Waals surface area contributed by atoms with Gasteiger partial charge in [0.05, 0.1) is 20.3 Å². The second kappa shape index (κ2) is 10.7. The van der Waals surface area contributed by atoms with Gasteiger partial charge in [-0.15, -0.1) is 0 Å². The normalized spacial score (nSPS) is 16.1. The van der Waals surface area contributed by atoms with Crippen LogP contribution < -0.4 is 14.8 Å². The van der Waals surface area contributed by atoms with Crippen LogP contribution in [0.3, 0.4) is 0 Å². The lowest BCUT2D eigenvalue weighted by Crippen LogP contribution is -2.41. The Kier molecular flexibility index (Phi) is 8.00. The summed E-state index contributed by atoms with van der Waals surface area (Å²) in [4.78, 5) is 15.3. The highest BCUT2D eigenvalue weighted by molar-refractivity contribution is 6.30. The van der Waals surface area contributed by atoms with E-state index in [1.165, 1.54) is 5.56 Å². The molecule has 162 valence electrons. The maximum absolute atomic E-state index is 12.9. The molecular formula is C24H31ClN2O3. The van der Waals surface area contributed by atoms with E-state index in [9.17, 15) is 4.79 Å². The molecule has 1 N–H and O–H groups in total. The molecule has 6 heteroatoms. The molecule has 0 saturated carbocycles. The average molecular weight is 431 g/mol. The third kappa shape index (κ3) is 5.67. The summed E-state index contributed by atoms with van der Waals surface area (Å²) in [7, 11) is 3.24. The number of ether oxygens (including phenoxy) is 2. The Morgan fingerprint density at radius 3 is 2.37 bits per heavy atom. The number of nitrogens with zero attached hydrogens (tertiary/aromatic N) is 1. The molecule has 1 saturated heterocycles. The fourth-order valence-electron chi connectivity index (χ4n) is 3.98. The predicted octanol–water partition coefficient (Wildman–Crippen LogP) is 4.84. The molecule has 1 fully saturated rings. The first-order valence-electron chi connectivity index (χ1n) is 10.5. The fraction of sp³-hybridized carbons (Fsp3) is 0.458. The van der Waals surface area contributed by atoms with E-state index in [4.69, 9.17) is 21.1 Å². The van der Waals surface area contributed by atoms with Gasteiger partial charge in [-0.05, 0) is 67.7 Å². The van der Waals surface area contributed by atoms with Crippen molar-refractivity contribution in [3.05, 3.63) is 58.6 Å². The van der Waals surface area contributed by atoms with E-state index in [2.05, 4.69) is 29.3 Å². The van der Waals surface area contributed by atoms with Gasteiger partial charge in [-0.1, -0.05) is 36.7 Å². The first-order valence-corrected chi connectivity index (χ1v) is 10.9. The third-order valence-corrected chi connectivity index (χ3v) is 6.06. The number of hydrogen-bond acceptors (Lipinski definition) is 4. The quantitative estimate of drug-likeness (QED) is 0.651. The molecule has 1 unspecified atom stereocenters. The Balaban J connectivity index is 1.54. The van der Waals surface area contributed by atoms with Gasteiger partial charge >= 0.3 is 0 Å². The van der Waals surface area contributed by atoms with Crippen LogP contribution in [0, 0.1) is 5.92 Å². The molecule has 5 nitrogen and oxygen atoms in total. The van der Waals surface area contributed by atoms with Gasteiger partial charge in [0, 0.05) is 17.5 Å². The zero-order chi connectivity index (χ0) is 21.5. The highest BCUT2D eigenvalue weighted by atomic mass is 35.5. The highest BCUT2D eigenvalue weighted by Gasteiger charge is 2.26. The monoisotopic (exact) mass is 430 g/mol.